The lowest BCUT2D eigenvalue weighted by Crippen LogP contribution is -2.08. The van der Waals surface area contributed by atoms with Gasteiger partial charge in [0, 0.05) is 34.4 Å². The molecule has 0 aliphatic heterocycles. The Morgan fingerprint density at radius 3 is 2.26 bits per heavy atom. The molecule has 5 heterocycles. The number of aromatic nitrogens is 3. The molecule has 5 aromatic rings. The zero-order valence-corrected chi connectivity index (χ0v) is 17.8. The zero-order valence-electron chi connectivity index (χ0n) is 16.1. The van der Waals surface area contributed by atoms with Crippen LogP contribution in [0.3, 0.4) is 0 Å². The van der Waals surface area contributed by atoms with Crippen LogP contribution in [0.4, 0.5) is 0 Å². The summed E-state index contributed by atoms with van der Waals surface area (Å²) in [6.07, 6.45) is 5.02. The average Bonchev–Trinajstić information content (AvgIpc) is 3.52. The van der Waals surface area contributed by atoms with Crippen molar-refractivity contribution in [3.8, 4) is 38.1 Å². The predicted molar refractivity (Wildman–Crippen MR) is 123 cm³/mol. The van der Waals surface area contributed by atoms with Crippen molar-refractivity contribution in [2.24, 2.45) is 0 Å². The van der Waals surface area contributed by atoms with Crippen molar-refractivity contribution in [2.75, 3.05) is 0 Å². The molecule has 0 radical (unpaired) electrons. The highest BCUT2D eigenvalue weighted by Crippen LogP contribution is 2.37. The second-order valence-corrected chi connectivity index (χ2v) is 8.52. The highest BCUT2D eigenvalue weighted by atomic mass is 32.1. The summed E-state index contributed by atoms with van der Waals surface area (Å²) in [6.45, 7) is 0. The monoisotopic (exact) mass is 441 g/mol. The largest absolute Gasteiger partial charge is 0.421 e. The highest BCUT2D eigenvalue weighted by molar-refractivity contribution is 7.22. The maximum atomic E-state index is 13.0. The molecule has 0 aliphatic rings. The topological polar surface area (TPSA) is 65.0 Å². The molecule has 31 heavy (non-hydrogen) atoms. The van der Waals surface area contributed by atoms with Crippen LogP contribution in [0.2, 0.25) is 0 Å². The normalized spacial score (nSPS) is 10.7. The molecule has 0 aromatic carbocycles. The molecule has 0 amide bonds. The first-order chi connectivity index (χ1) is 15.3. The van der Waals surface area contributed by atoms with Crippen LogP contribution in [-0.4, -0.2) is 20.9 Å². The van der Waals surface area contributed by atoms with Gasteiger partial charge in [-0.25, -0.2) is 4.79 Å². The number of hydrogen-bond acceptors (Lipinski definition) is 7. The van der Waals surface area contributed by atoms with Gasteiger partial charge in [-0.2, -0.15) is 0 Å². The van der Waals surface area contributed by atoms with E-state index >= 15 is 0 Å². The number of esters is 1. The maximum absolute atomic E-state index is 13.0. The third-order valence-electron chi connectivity index (χ3n) is 4.52. The van der Waals surface area contributed by atoms with Gasteiger partial charge in [-0.05, 0) is 47.8 Å². The molecular formula is C24H15N3O2S2. The van der Waals surface area contributed by atoms with Crippen molar-refractivity contribution in [3.05, 3.63) is 95.6 Å². The molecule has 0 saturated heterocycles. The third kappa shape index (κ3) is 4.01. The number of pyridine rings is 3. The Hall–Kier alpha value is -3.68. The summed E-state index contributed by atoms with van der Waals surface area (Å²) in [5.41, 5.74) is 2.57. The van der Waals surface area contributed by atoms with Crippen LogP contribution in [0.25, 0.3) is 32.4 Å². The van der Waals surface area contributed by atoms with E-state index in [2.05, 4.69) is 15.0 Å². The Morgan fingerprint density at radius 1 is 0.742 bits per heavy atom. The Labute approximate surface area is 186 Å². The Kier molecular flexibility index (Phi) is 5.35. The van der Waals surface area contributed by atoms with Crippen LogP contribution in [-0.2, 0) is 0 Å². The van der Waals surface area contributed by atoms with Crippen LogP contribution in [0, 0.1) is 0 Å². The van der Waals surface area contributed by atoms with Gasteiger partial charge in [0.15, 0.2) is 0 Å². The van der Waals surface area contributed by atoms with E-state index in [0.29, 0.717) is 33.3 Å². The first-order valence-corrected chi connectivity index (χ1v) is 11.2. The number of ether oxygens (including phenoxy) is 1. The molecule has 0 unspecified atom stereocenters. The summed E-state index contributed by atoms with van der Waals surface area (Å²) in [6, 6.07) is 20.6. The quantitative estimate of drug-likeness (QED) is 0.303. The molecule has 0 N–H and O–H groups in total. The molecule has 5 rings (SSSR count). The zero-order chi connectivity index (χ0) is 21.0. The summed E-state index contributed by atoms with van der Waals surface area (Å²) in [7, 11) is 0. The van der Waals surface area contributed by atoms with Crippen molar-refractivity contribution in [3.63, 3.8) is 0 Å². The summed E-state index contributed by atoms with van der Waals surface area (Å²) >= 11 is 3.05. The predicted octanol–water partition coefficient (Wildman–Crippen LogP) is 6.21. The first-order valence-electron chi connectivity index (χ1n) is 9.47. The van der Waals surface area contributed by atoms with E-state index in [1.165, 1.54) is 11.3 Å². The lowest BCUT2D eigenvalue weighted by molar-refractivity contribution is 0.0740. The van der Waals surface area contributed by atoms with Crippen molar-refractivity contribution in [1.29, 1.82) is 0 Å². The molecule has 0 bridgehead atoms. The number of thiophene rings is 2. The van der Waals surface area contributed by atoms with E-state index in [1.54, 1.807) is 42.1 Å². The minimum absolute atomic E-state index is 0.394. The first kappa shape index (κ1) is 19.3. The van der Waals surface area contributed by atoms with Crippen LogP contribution >= 0.6 is 22.7 Å². The van der Waals surface area contributed by atoms with Crippen molar-refractivity contribution >= 4 is 28.6 Å². The minimum atomic E-state index is -0.414. The van der Waals surface area contributed by atoms with Crippen LogP contribution in [0.15, 0.2) is 90.7 Å². The molecule has 0 aliphatic carbocycles. The molecule has 150 valence electrons. The van der Waals surface area contributed by atoms with Crippen molar-refractivity contribution < 1.29 is 9.53 Å². The van der Waals surface area contributed by atoms with Gasteiger partial charge in [0.05, 0.1) is 17.0 Å². The molecule has 0 atom stereocenters. The van der Waals surface area contributed by atoms with E-state index < -0.39 is 5.97 Å². The van der Waals surface area contributed by atoms with Gasteiger partial charge in [0.1, 0.15) is 16.3 Å². The highest BCUT2D eigenvalue weighted by Gasteiger charge is 2.20. The lowest BCUT2D eigenvalue weighted by Gasteiger charge is -2.13. The molecule has 5 nitrogen and oxygen atoms in total. The van der Waals surface area contributed by atoms with E-state index in [-0.39, 0.29) is 0 Å². The van der Waals surface area contributed by atoms with Crippen molar-refractivity contribution in [2.45, 2.75) is 0 Å². The van der Waals surface area contributed by atoms with Crippen molar-refractivity contribution in [1.82, 2.24) is 15.0 Å². The second-order valence-electron chi connectivity index (χ2n) is 6.49. The smallest absolute Gasteiger partial charge is 0.353 e. The van der Waals surface area contributed by atoms with E-state index in [9.17, 15) is 4.79 Å². The van der Waals surface area contributed by atoms with E-state index in [0.717, 1.165) is 9.75 Å². The van der Waals surface area contributed by atoms with E-state index in [4.69, 9.17) is 4.74 Å². The van der Waals surface area contributed by atoms with Crippen LogP contribution < -0.4 is 4.74 Å². The van der Waals surface area contributed by atoms with Gasteiger partial charge < -0.3 is 4.74 Å². The number of carbonyl (C=O) groups is 1. The van der Waals surface area contributed by atoms with Gasteiger partial charge in [0.2, 0.25) is 0 Å². The summed E-state index contributed by atoms with van der Waals surface area (Å²) in [5.74, 6) is -0.0198. The summed E-state index contributed by atoms with van der Waals surface area (Å²) in [4.78, 5) is 29.1. The van der Waals surface area contributed by atoms with Gasteiger partial charge in [-0.15, -0.1) is 22.7 Å². The Balaban J connectivity index is 1.54. The number of rotatable bonds is 5. The number of hydrogen-bond donors (Lipinski definition) is 0. The van der Waals surface area contributed by atoms with Gasteiger partial charge in [-0.3, -0.25) is 15.0 Å². The maximum Gasteiger partial charge on any atom is 0.353 e. The van der Waals surface area contributed by atoms with Crippen LogP contribution in [0.1, 0.15) is 9.67 Å². The molecule has 0 fully saturated rings. The lowest BCUT2D eigenvalue weighted by atomic mass is 10.1. The minimum Gasteiger partial charge on any atom is -0.421 e. The third-order valence-corrected chi connectivity index (χ3v) is 6.65. The SMILES string of the molecule is O=C(Oc1ccnc(-c2ccccn2)c1-c1ccccn1)c1ccc(-c2cccs2)s1. The molecule has 7 heteroatoms. The second kappa shape index (κ2) is 8.59. The van der Waals surface area contributed by atoms with Gasteiger partial charge in [0.25, 0.3) is 0 Å². The molecule has 0 saturated carbocycles. The Morgan fingerprint density at radius 2 is 1.55 bits per heavy atom. The molecule has 0 spiro atoms. The summed E-state index contributed by atoms with van der Waals surface area (Å²) in [5, 5.41) is 2.02. The summed E-state index contributed by atoms with van der Waals surface area (Å²) < 4.78 is 5.85. The number of carbonyl (C=O) groups excluding carboxylic acids is 1. The van der Waals surface area contributed by atoms with E-state index in [1.807, 2.05) is 60.0 Å². The number of nitrogens with zero attached hydrogens (tertiary/aromatic N) is 3. The fourth-order valence-corrected chi connectivity index (χ4v) is 4.85. The molecule has 5 aromatic heterocycles. The van der Waals surface area contributed by atoms with Crippen LogP contribution in [0.5, 0.6) is 5.75 Å². The standard InChI is InChI=1S/C24H15N3O2S2/c28-24(21-10-9-20(31-21)19-8-5-15-30-19)29-18-11-14-27-23(17-7-2-4-13-26-17)22(18)16-6-1-3-12-25-16/h1-15H. The molecular weight excluding hydrogens is 426 g/mol. The Bertz CT molecular complexity index is 1320. The van der Waals surface area contributed by atoms with Gasteiger partial charge in [-0.1, -0.05) is 18.2 Å². The fourth-order valence-electron chi connectivity index (χ4n) is 3.13. The average molecular weight is 442 g/mol. The fraction of sp³-hybridized carbons (Fsp3) is 0. The van der Waals surface area contributed by atoms with Gasteiger partial charge >= 0.3 is 5.97 Å².